The van der Waals surface area contributed by atoms with E-state index in [4.69, 9.17) is 36.3 Å². The molecule has 15 heteroatoms. The number of halogens is 1. The molecule has 1 aromatic heterocycles. The van der Waals surface area contributed by atoms with E-state index in [2.05, 4.69) is 10.3 Å². The van der Waals surface area contributed by atoms with Crippen LogP contribution in [0.5, 0.6) is 5.75 Å². The van der Waals surface area contributed by atoms with E-state index in [-0.39, 0.29) is 29.8 Å². The maximum Gasteiger partial charge on any atom is 0.409 e. The van der Waals surface area contributed by atoms with Crippen LogP contribution in [0.3, 0.4) is 0 Å². The molecule has 3 aliphatic heterocycles. The van der Waals surface area contributed by atoms with Gasteiger partial charge >= 0.3 is 12.1 Å². The van der Waals surface area contributed by atoms with Gasteiger partial charge in [0.15, 0.2) is 0 Å². The highest BCUT2D eigenvalue weighted by Gasteiger charge is 2.64. The number of alkyl carbamates (subject to hydrolysis) is 1. The monoisotopic (exact) mass is 789 g/mol. The van der Waals surface area contributed by atoms with Crippen molar-refractivity contribution in [2.75, 3.05) is 31.8 Å². The number of hydrogen-bond donors (Lipinski definition) is 3. The second kappa shape index (κ2) is 15.8. The number of nitrogen functional groups attached to an aromatic ring is 1. The Bertz CT molecular complexity index is 2130. The molecule has 298 valence electrons. The number of epoxide rings is 1. The van der Waals surface area contributed by atoms with Crippen molar-refractivity contribution in [2.45, 2.75) is 89.1 Å². The van der Waals surface area contributed by atoms with E-state index in [1.54, 1.807) is 62.6 Å². The highest BCUT2D eigenvalue weighted by atomic mass is 35.5. The molecule has 2 fully saturated rings. The Kier molecular flexibility index (Phi) is 11.4. The van der Waals surface area contributed by atoms with Crippen molar-refractivity contribution in [2.24, 2.45) is 5.92 Å². The molecule has 6 rings (SSSR count). The number of fused-ring (bicyclic) bond motifs is 6. The molecule has 0 saturated carbocycles. The lowest BCUT2D eigenvalue weighted by atomic mass is 9.84. The highest BCUT2D eigenvalue weighted by Crippen LogP contribution is 2.49. The number of anilines is 2. The van der Waals surface area contributed by atoms with Crippen LogP contribution in [0.1, 0.15) is 62.9 Å². The number of aromatic nitrogens is 1. The van der Waals surface area contributed by atoms with Gasteiger partial charge < -0.3 is 39.6 Å². The highest BCUT2D eigenvalue weighted by molar-refractivity contribution is 6.35. The Balaban J connectivity index is 1.33. The Morgan fingerprint density at radius 2 is 1.98 bits per heavy atom. The lowest BCUT2D eigenvalue weighted by molar-refractivity contribution is -0.158. The second-order valence-electron chi connectivity index (χ2n) is 15.1. The van der Waals surface area contributed by atoms with E-state index >= 15 is 0 Å². The SMILES string of the molecule is COc1cc2cc(c1Cl)N(C)C(=O)C[C@H](OC(=O)[C@H](C)N(C)C(=O)c1ccc(N)c3cccnc13)[C@]1(C)O[C@H]1[C@H](C)[C@@H]1C[C@](O)(C/C=C/C=C(\C)C2)NC(=O)O1. The normalized spacial score (nSPS) is 28.8. The predicted molar refractivity (Wildman–Crippen MR) is 210 cm³/mol. The van der Waals surface area contributed by atoms with Gasteiger partial charge in [-0.3, -0.25) is 19.9 Å². The number of allylic oxidation sites excluding steroid dienone is 3. The van der Waals surface area contributed by atoms with Gasteiger partial charge in [-0.15, -0.1) is 0 Å². The topological polar surface area (TPSA) is 186 Å². The summed E-state index contributed by atoms with van der Waals surface area (Å²) in [6.45, 7) is 7.00. The van der Waals surface area contributed by atoms with Crippen molar-refractivity contribution >= 4 is 57.8 Å². The lowest BCUT2D eigenvalue weighted by Gasteiger charge is -2.39. The molecule has 3 aromatic rings. The molecular formula is C41H48ClN5O9. The molecule has 0 radical (unpaired) electrons. The van der Waals surface area contributed by atoms with Crippen LogP contribution in [-0.4, -0.2) is 95.8 Å². The van der Waals surface area contributed by atoms with Crippen LogP contribution in [0.2, 0.25) is 5.02 Å². The molecule has 4 bridgehead atoms. The molecule has 0 spiro atoms. The summed E-state index contributed by atoms with van der Waals surface area (Å²) >= 11 is 6.78. The maximum absolute atomic E-state index is 14.2. The number of ether oxygens (including phenoxy) is 4. The van der Waals surface area contributed by atoms with E-state index in [9.17, 15) is 24.3 Å². The second-order valence-corrected chi connectivity index (χ2v) is 15.5. The van der Waals surface area contributed by atoms with Crippen LogP contribution in [-0.2, 0) is 30.2 Å². The summed E-state index contributed by atoms with van der Waals surface area (Å²) in [5, 5.41) is 14.8. The number of hydrogen-bond acceptors (Lipinski definition) is 11. The largest absolute Gasteiger partial charge is 0.495 e. The first-order valence-electron chi connectivity index (χ1n) is 18.4. The van der Waals surface area contributed by atoms with Crippen LogP contribution in [0, 0.1) is 5.92 Å². The van der Waals surface area contributed by atoms with Gasteiger partial charge in [0.25, 0.3) is 5.91 Å². The number of nitrogens with two attached hydrogens (primary N) is 1. The van der Waals surface area contributed by atoms with Crippen molar-refractivity contribution in [1.82, 2.24) is 15.2 Å². The van der Waals surface area contributed by atoms with E-state index in [0.29, 0.717) is 34.4 Å². The smallest absolute Gasteiger partial charge is 0.409 e. The fraction of sp³-hybridized carbons (Fsp3) is 0.439. The van der Waals surface area contributed by atoms with E-state index in [0.717, 1.165) is 11.1 Å². The van der Waals surface area contributed by atoms with Crippen molar-refractivity contribution in [3.63, 3.8) is 0 Å². The minimum Gasteiger partial charge on any atom is -0.495 e. The Morgan fingerprint density at radius 1 is 1.23 bits per heavy atom. The van der Waals surface area contributed by atoms with E-state index in [1.807, 2.05) is 26.0 Å². The average Bonchev–Trinajstić information content (AvgIpc) is 3.86. The van der Waals surface area contributed by atoms with Crippen LogP contribution in [0.25, 0.3) is 10.9 Å². The van der Waals surface area contributed by atoms with E-state index < -0.39 is 65.5 Å². The molecule has 14 nitrogen and oxygen atoms in total. The number of pyridine rings is 1. The molecule has 4 heterocycles. The van der Waals surface area contributed by atoms with Crippen LogP contribution >= 0.6 is 11.6 Å². The first-order valence-corrected chi connectivity index (χ1v) is 18.8. The number of carbonyl (C=O) groups excluding carboxylic acids is 4. The molecule has 2 aromatic carbocycles. The lowest BCUT2D eigenvalue weighted by Crippen LogP contribution is -2.57. The molecule has 0 aliphatic carbocycles. The predicted octanol–water partition coefficient (Wildman–Crippen LogP) is 5.33. The van der Waals surface area contributed by atoms with Crippen molar-refractivity contribution in [1.29, 1.82) is 0 Å². The zero-order chi connectivity index (χ0) is 40.7. The standard InChI is InChI=1S/C41H48ClN5O9/c1-22-11-8-9-15-41(52)21-31(54-39(51)45-41)23(2)36-40(4,56-36)32(20-33(48)47(6)29-18-25(17-22)19-30(53-7)34(29)42)55-38(50)24(3)46(5)37(49)27-13-14-28(43)26-12-10-16-44-35(26)27/h8-14,16,18-19,23-24,31-32,36,52H,15,17,20-21,43H2,1-7H3,(H,45,51)/b9-8+,22-11+/t23-,24+,31+,32+,36+,40+,41-/m1/s1. The van der Waals surface area contributed by atoms with Crippen molar-refractivity contribution in [3.05, 3.63) is 82.5 Å². The van der Waals surface area contributed by atoms with Crippen LogP contribution in [0.4, 0.5) is 16.2 Å². The molecule has 7 atom stereocenters. The number of rotatable bonds is 5. The van der Waals surface area contributed by atoms with Gasteiger partial charge in [-0.25, -0.2) is 9.59 Å². The summed E-state index contributed by atoms with van der Waals surface area (Å²) in [6.07, 6.45) is 3.98. The van der Waals surface area contributed by atoms with Gasteiger partial charge in [-0.05, 0) is 69.2 Å². The number of nitrogens with zero attached hydrogens (tertiary/aromatic N) is 3. The Labute approximate surface area is 330 Å². The van der Waals surface area contributed by atoms with Crippen molar-refractivity contribution in [3.8, 4) is 5.75 Å². The van der Waals surface area contributed by atoms with Gasteiger partial charge in [0.1, 0.15) is 40.3 Å². The third-order valence-electron chi connectivity index (χ3n) is 11.1. The Hall–Kier alpha value is -5.18. The van der Waals surface area contributed by atoms with Gasteiger partial charge in [-0.1, -0.05) is 42.3 Å². The summed E-state index contributed by atoms with van der Waals surface area (Å²) in [7, 11) is 4.54. The van der Waals surface area contributed by atoms with Gasteiger partial charge in [0, 0.05) is 50.1 Å². The Morgan fingerprint density at radius 3 is 2.71 bits per heavy atom. The van der Waals surface area contributed by atoms with Crippen LogP contribution in [0.15, 0.2) is 66.4 Å². The number of nitrogens with one attached hydrogen (secondary N) is 1. The fourth-order valence-corrected chi connectivity index (χ4v) is 7.78. The van der Waals surface area contributed by atoms with Gasteiger partial charge in [0.05, 0.1) is 36.4 Å². The number of benzene rings is 2. The molecule has 3 aliphatic rings. The number of amides is 3. The summed E-state index contributed by atoms with van der Waals surface area (Å²) < 4.78 is 23.7. The average molecular weight is 790 g/mol. The summed E-state index contributed by atoms with van der Waals surface area (Å²) in [5.41, 5.74) is 6.58. The molecular weight excluding hydrogens is 742 g/mol. The third-order valence-corrected chi connectivity index (χ3v) is 11.5. The minimum absolute atomic E-state index is 0.0533. The first kappa shape index (κ1) is 40.5. The molecule has 3 amide bonds. The zero-order valence-corrected chi connectivity index (χ0v) is 33.3. The molecule has 2 saturated heterocycles. The zero-order valence-electron chi connectivity index (χ0n) is 32.5. The van der Waals surface area contributed by atoms with Gasteiger partial charge in [-0.2, -0.15) is 0 Å². The molecule has 0 unspecified atom stereocenters. The number of methoxy groups -OCH3 is 1. The van der Waals surface area contributed by atoms with E-state index in [1.165, 1.54) is 30.9 Å². The van der Waals surface area contributed by atoms with Crippen LogP contribution < -0.4 is 20.7 Å². The first-order chi connectivity index (χ1) is 26.5. The fourth-order valence-electron chi connectivity index (χ4n) is 7.46. The number of carbonyl (C=O) groups is 4. The van der Waals surface area contributed by atoms with Crippen molar-refractivity contribution < 1.29 is 43.2 Å². The summed E-state index contributed by atoms with van der Waals surface area (Å²) in [6, 6.07) is 9.14. The maximum atomic E-state index is 14.2. The van der Waals surface area contributed by atoms with Gasteiger partial charge in [0.2, 0.25) is 5.91 Å². The third kappa shape index (κ3) is 8.04. The minimum atomic E-state index is -1.60. The number of aliphatic hydroxyl groups is 1. The quantitative estimate of drug-likeness (QED) is 0.172. The molecule has 56 heavy (non-hydrogen) atoms. The number of esters is 1. The summed E-state index contributed by atoms with van der Waals surface area (Å²) in [4.78, 5) is 61.8. The summed E-state index contributed by atoms with van der Waals surface area (Å²) in [5.74, 6) is -1.84. The number of likely N-dealkylation sites (N-methyl/N-ethyl adjacent to an activating group) is 1. The molecule has 4 N–H and O–H groups in total.